The number of amides is 1. The average Bonchev–Trinajstić information content (AvgIpc) is 2.66. The van der Waals surface area contributed by atoms with Crippen molar-refractivity contribution in [3.63, 3.8) is 0 Å². The molecule has 1 amide bonds. The van der Waals surface area contributed by atoms with Crippen molar-refractivity contribution in [2.24, 2.45) is 0 Å². The summed E-state index contributed by atoms with van der Waals surface area (Å²) in [4.78, 5) is 14.1. The molecule has 0 saturated heterocycles. The summed E-state index contributed by atoms with van der Waals surface area (Å²) < 4.78 is 16.6. The van der Waals surface area contributed by atoms with Crippen molar-refractivity contribution in [3.8, 4) is 17.2 Å². The minimum atomic E-state index is -0.178. The molecule has 0 atom stereocenters. The Balaban J connectivity index is 1.73. The third-order valence-electron chi connectivity index (χ3n) is 3.70. The van der Waals surface area contributed by atoms with Crippen LogP contribution < -0.4 is 19.5 Å². The SMILES string of the molecule is CCOc1ccc(OCC(=O)NCc2cccc(OCCN(C)C)c2)cc1. The lowest BCUT2D eigenvalue weighted by molar-refractivity contribution is -0.123. The molecule has 0 fully saturated rings. The van der Waals surface area contributed by atoms with E-state index in [1.165, 1.54) is 0 Å². The lowest BCUT2D eigenvalue weighted by Gasteiger charge is -2.12. The van der Waals surface area contributed by atoms with Crippen LogP contribution in [0.1, 0.15) is 12.5 Å². The van der Waals surface area contributed by atoms with Gasteiger partial charge in [0.15, 0.2) is 6.61 Å². The van der Waals surface area contributed by atoms with Crippen molar-refractivity contribution < 1.29 is 19.0 Å². The Morgan fingerprint density at radius 3 is 2.33 bits per heavy atom. The van der Waals surface area contributed by atoms with E-state index in [0.29, 0.717) is 25.5 Å². The van der Waals surface area contributed by atoms with Gasteiger partial charge in [0.1, 0.15) is 23.9 Å². The maximum Gasteiger partial charge on any atom is 0.258 e. The normalized spacial score (nSPS) is 10.5. The molecule has 6 nitrogen and oxygen atoms in total. The summed E-state index contributed by atoms with van der Waals surface area (Å²) in [7, 11) is 4.01. The summed E-state index contributed by atoms with van der Waals surface area (Å²) in [5.74, 6) is 2.03. The van der Waals surface area contributed by atoms with Crippen molar-refractivity contribution >= 4 is 5.91 Å². The van der Waals surface area contributed by atoms with Gasteiger partial charge in [-0.1, -0.05) is 12.1 Å². The van der Waals surface area contributed by atoms with Crippen molar-refractivity contribution in [2.45, 2.75) is 13.5 Å². The van der Waals surface area contributed by atoms with Gasteiger partial charge >= 0.3 is 0 Å². The van der Waals surface area contributed by atoms with E-state index in [2.05, 4.69) is 10.2 Å². The van der Waals surface area contributed by atoms with E-state index >= 15 is 0 Å². The molecular weight excluding hydrogens is 344 g/mol. The van der Waals surface area contributed by atoms with Gasteiger partial charge in [0.25, 0.3) is 5.91 Å². The summed E-state index contributed by atoms with van der Waals surface area (Å²) in [5.41, 5.74) is 0.978. The maximum atomic E-state index is 12.0. The van der Waals surface area contributed by atoms with E-state index in [9.17, 15) is 4.79 Å². The highest BCUT2D eigenvalue weighted by atomic mass is 16.5. The van der Waals surface area contributed by atoms with Crippen molar-refractivity contribution in [1.82, 2.24) is 10.2 Å². The van der Waals surface area contributed by atoms with E-state index in [0.717, 1.165) is 23.6 Å². The topological polar surface area (TPSA) is 60.0 Å². The van der Waals surface area contributed by atoms with Crippen molar-refractivity contribution in [1.29, 1.82) is 0 Å². The molecule has 2 aromatic rings. The van der Waals surface area contributed by atoms with Crippen LogP contribution in [0.3, 0.4) is 0 Å². The Bertz CT molecular complexity index is 702. The van der Waals surface area contributed by atoms with Gasteiger partial charge in [0, 0.05) is 13.1 Å². The van der Waals surface area contributed by atoms with E-state index in [1.54, 1.807) is 12.1 Å². The fraction of sp³-hybridized carbons (Fsp3) is 0.381. The van der Waals surface area contributed by atoms with Crippen LogP contribution in [0.25, 0.3) is 0 Å². The van der Waals surface area contributed by atoms with Gasteiger partial charge in [-0.2, -0.15) is 0 Å². The highest BCUT2D eigenvalue weighted by Crippen LogP contribution is 2.17. The Morgan fingerprint density at radius 2 is 1.67 bits per heavy atom. The number of ether oxygens (including phenoxy) is 3. The highest BCUT2D eigenvalue weighted by Gasteiger charge is 2.04. The number of rotatable bonds is 11. The molecule has 2 rings (SSSR count). The monoisotopic (exact) mass is 372 g/mol. The van der Waals surface area contributed by atoms with Crippen LogP contribution in [0.5, 0.6) is 17.2 Å². The number of nitrogens with one attached hydrogen (secondary N) is 1. The fourth-order valence-corrected chi connectivity index (χ4v) is 2.29. The van der Waals surface area contributed by atoms with Crippen LogP contribution in [0.4, 0.5) is 0 Å². The highest BCUT2D eigenvalue weighted by molar-refractivity contribution is 5.77. The zero-order chi connectivity index (χ0) is 19.5. The first-order valence-corrected chi connectivity index (χ1v) is 9.05. The van der Waals surface area contributed by atoms with E-state index in [4.69, 9.17) is 14.2 Å². The van der Waals surface area contributed by atoms with Crippen molar-refractivity contribution in [3.05, 3.63) is 54.1 Å². The molecule has 0 aromatic heterocycles. The molecule has 0 heterocycles. The molecule has 1 N–H and O–H groups in total. The number of carbonyl (C=O) groups is 1. The predicted octanol–water partition coefficient (Wildman–Crippen LogP) is 2.72. The molecule has 0 spiro atoms. The third-order valence-corrected chi connectivity index (χ3v) is 3.70. The minimum absolute atomic E-state index is 0.0347. The number of nitrogens with zero attached hydrogens (tertiary/aromatic N) is 1. The summed E-state index contributed by atoms with van der Waals surface area (Å²) in [6, 6.07) is 14.9. The van der Waals surface area contributed by atoms with Crippen LogP contribution in [0.15, 0.2) is 48.5 Å². The standard InChI is InChI=1S/C21H28N2O4/c1-4-25-18-8-10-19(11-9-18)27-16-21(24)22-15-17-6-5-7-20(14-17)26-13-12-23(2)3/h5-11,14H,4,12-13,15-16H2,1-3H3,(H,22,24). The Kier molecular flexibility index (Phi) is 8.45. The molecule has 0 aliphatic carbocycles. The van der Waals surface area contributed by atoms with Crippen LogP contribution >= 0.6 is 0 Å². The second-order valence-electron chi connectivity index (χ2n) is 6.27. The van der Waals surface area contributed by atoms with Gasteiger partial charge in [0.2, 0.25) is 0 Å². The van der Waals surface area contributed by atoms with Crippen LogP contribution in [-0.2, 0) is 11.3 Å². The predicted molar refractivity (Wildman–Crippen MR) is 105 cm³/mol. The van der Waals surface area contributed by atoms with Gasteiger partial charge in [-0.05, 0) is 63.0 Å². The first kappa shape index (κ1) is 20.6. The molecule has 6 heteroatoms. The third kappa shape index (κ3) is 8.00. The van der Waals surface area contributed by atoms with Gasteiger partial charge < -0.3 is 24.4 Å². The summed E-state index contributed by atoms with van der Waals surface area (Å²) in [6.45, 7) is 4.41. The Morgan fingerprint density at radius 1 is 0.963 bits per heavy atom. The molecule has 146 valence electrons. The molecule has 0 bridgehead atoms. The van der Waals surface area contributed by atoms with Gasteiger partial charge in [-0.15, -0.1) is 0 Å². The van der Waals surface area contributed by atoms with E-state index in [-0.39, 0.29) is 12.5 Å². The molecule has 27 heavy (non-hydrogen) atoms. The lowest BCUT2D eigenvalue weighted by Crippen LogP contribution is -2.28. The molecule has 0 aliphatic rings. The molecule has 0 saturated carbocycles. The second-order valence-corrected chi connectivity index (χ2v) is 6.27. The number of hydrogen-bond donors (Lipinski definition) is 1. The van der Waals surface area contributed by atoms with Gasteiger partial charge in [-0.25, -0.2) is 0 Å². The smallest absolute Gasteiger partial charge is 0.258 e. The maximum absolute atomic E-state index is 12.0. The molecular formula is C21H28N2O4. The van der Waals surface area contributed by atoms with Gasteiger partial charge in [-0.3, -0.25) is 4.79 Å². The molecule has 0 unspecified atom stereocenters. The summed E-state index contributed by atoms with van der Waals surface area (Å²) in [5, 5.41) is 2.85. The van der Waals surface area contributed by atoms with Crippen LogP contribution in [0.2, 0.25) is 0 Å². The molecule has 2 aromatic carbocycles. The number of hydrogen-bond acceptors (Lipinski definition) is 5. The zero-order valence-corrected chi connectivity index (χ0v) is 16.2. The Labute approximate surface area is 161 Å². The van der Waals surface area contributed by atoms with E-state index in [1.807, 2.05) is 57.4 Å². The lowest BCUT2D eigenvalue weighted by atomic mass is 10.2. The minimum Gasteiger partial charge on any atom is -0.494 e. The number of likely N-dealkylation sites (N-methyl/N-ethyl adjacent to an activating group) is 1. The Hall–Kier alpha value is -2.73. The summed E-state index contributed by atoms with van der Waals surface area (Å²) >= 11 is 0. The first-order valence-electron chi connectivity index (χ1n) is 9.05. The zero-order valence-electron chi connectivity index (χ0n) is 16.2. The fourth-order valence-electron chi connectivity index (χ4n) is 2.29. The molecule has 0 radical (unpaired) electrons. The first-order chi connectivity index (χ1) is 13.1. The molecule has 0 aliphatic heterocycles. The van der Waals surface area contributed by atoms with Crippen LogP contribution in [-0.4, -0.2) is 51.3 Å². The largest absolute Gasteiger partial charge is 0.494 e. The second kappa shape index (κ2) is 11.1. The number of carbonyl (C=O) groups excluding carboxylic acids is 1. The van der Waals surface area contributed by atoms with E-state index < -0.39 is 0 Å². The van der Waals surface area contributed by atoms with Crippen LogP contribution in [0, 0.1) is 0 Å². The summed E-state index contributed by atoms with van der Waals surface area (Å²) in [6.07, 6.45) is 0. The van der Waals surface area contributed by atoms with Crippen molar-refractivity contribution in [2.75, 3.05) is 40.5 Å². The average molecular weight is 372 g/mol. The number of benzene rings is 2. The quantitative estimate of drug-likeness (QED) is 0.657. The van der Waals surface area contributed by atoms with Gasteiger partial charge in [0.05, 0.1) is 6.61 Å².